The Labute approximate surface area is 129 Å². The van der Waals surface area contributed by atoms with Crippen LogP contribution in [0.25, 0.3) is 0 Å². The van der Waals surface area contributed by atoms with Gasteiger partial charge in [0, 0.05) is 23.0 Å². The predicted octanol–water partition coefficient (Wildman–Crippen LogP) is 0.629. The van der Waals surface area contributed by atoms with Crippen molar-refractivity contribution in [1.82, 2.24) is 10.6 Å². The Morgan fingerprint density at radius 3 is 2.86 bits per heavy atom. The maximum absolute atomic E-state index is 11.5. The number of carboxylic acid groups (broad SMARTS) is 1. The summed E-state index contributed by atoms with van der Waals surface area (Å²) in [5.41, 5.74) is 1.92. The number of rotatable bonds is 5. The zero-order valence-corrected chi connectivity index (χ0v) is 12.6. The summed E-state index contributed by atoms with van der Waals surface area (Å²) in [6.45, 7) is 0.515. The molecule has 0 bridgehead atoms. The largest absolute Gasteiger partial charge is 0.493 e. The summed E-state index contributed by atoms with van der Waals surface area (Å²) in [6.07, 6.45) is -0.784. The molecule has 1 aromatic rings. The number of carbonyl (C=O) groups excluding carboxylic acids is 1. The van der Waals surface area contributed by atoms with Gasteiger partial charge in [-0.15, -0.1) is 0 Å². The molecule has 2 amide bonds. The lowest BCUT2D eigenvalue weighted by atomic mass is 10.1. The normalized spacial score (nSPS) is 14.0. The summed E-state index contributed by atoms with van der Waals surface area (Å²) in [5.74, 6) is -0.599. The number of ether oxygens (including phenoxy) is 1. The highest BCUT2D eigenvalue weighted by Gasteiger charge is 2.18. The van der Waals surface area contributed by atoms with Crippen LogP contribution in [0.4, 0.5) is 4.79 Å². The fourth-order valence-corrected chi connectivity index (χ4v) is 2.54. The first-order chi connectivity index (χ1) is 9.97. The first-order valence-corrected chi connectivity index (χ1v) is 7.13. The number of benzene rings is 1. The second-order valence-corrected chi connectivity index (χ2v) is 5.48. The van der Waals surface area contributed by atoms with E-state index in [2.05, 4.69) is 26.6 Å². The van der Waals surface area contributed by atoms with E-state index in [4.69, 9.17) is 14.9 Å². The van der Waals surface area contributed by atoms with Crippen LogP contribution in [0.1, 0.15) is 11.1 Å². The zero-order valence-electron chi connectivity index (χ0n) is 11.1. The van der Waals surface area contributed by atoms with E-state index in [0.717, 1.165) is 27.8 Å². The average molecular weight is 359 g/mol. The Morgan fingerprint density at radius 1 is 1.38 bits per heavy atom. The van der Waals surface area contributed by atoms with Gasteiger partial charge in [-0.05, 0) is 17.7 Å². The Balaban J connectivity index is 1.89. The van der Waals surface area contributed by atoms with E-state index in [9.17, 15) is 9.59 Å². The van der Waals surface area contributed by atoms with Crippen molar-refractivity contribution in [2.75, 3.05) is 13.2 Å². The molecule has 7 nitrogen and oxygen atoms in total. The van der Waals surface area contributed by atoms with Gasteiger partial charge in [-0.3, -0.25) is 0 Å². The molecule has 1 aliphatic heterocycles. The van der Waals surface area contributed by atoms with Crippen LogP contribution in [0, 0.1) is 0 Å². The number of nitrogens with one attached hydrogen (secondary N) is 2. The number of aliphatic carboxylic acids is 1. The molecule has 2 rings (SSSR count). The van der Waals surface area contributed by atoms with Gasteiger partial charge in [-0.25, -0.2) is 9.59 Å². The number of carboxylic acids is 1. The number of hydrogen-bond donors (Lipinski definition) is 4. The minimum absolute atomic E-state index is 0.247. The van der Waals surface area contributed by atoms with E-state index < -0.39 is 18.1 Å². The molecular weight excluding hydrogens is 344 g/mol. The van der Waals surface area contributed by atoms with Crippen LogP contribution in [0.2, 0.25) is 0 Å². The molecule has 4 N–H and O–H groups in total. The van der Waals surface area contributed by atoms with E-state index in [1.54, 1.807) is 0 Å². The van der Waals surface area contributed by atoms with Gasteiger partial charge >= 0.3 is 12.0 Å². The molecule has 0 aromatic heterocycles. The number of amides is 2. The molecule has 1 aliphatic rings. The van der Waals surface area contributed by atoms with Crippen molar-refractivity contribution in [1.29, 1.82) is 0 Å². The van der Waals surface area contributed by atoms with Crippen LogP contribution in [0.15, 0.2) is 16.6 Å². The molecule has 0 saturated heterocycles. The highest BCUT2D eigenvalue weighted by atomic mass is 79.9. The molecule has 114 valence electrons. The summed E-state index contributed by atoms with van der Waals surface area (Å²) in [7, 11) is 0. The van der Waals surface area contributed by atoms with Crippen LogP contribution < -0.4 is 15.4 Å². The maximum Gasteiger partial charge on any atom is 0.334 e. The first kappa shape index (κ1) is 15.6. The number of hydrogen-bond acceptors (Lipinski definition) is 4. The van der Waals surface area contributed by atoms with E-state index in [-0.39, 0.29) is 13.1 Å². The highest BCUT2D eigenvalue weighted by molar-refractivity contribution is 9.10. The molecule has 0 saturated carbocycles. The number of aliphatic hydroxyl groups excluding tert-OH is 1. The summed E-state index contributed by atoms with van der Waals surface area (Å²) in [4.78, 5) is 22.0. The summed E-state index contributed by atoms with van der Waals surface area (Å²) >= 11 is 3.41. The standard InChI is InChI=1S/C13H15BrN2O5/c14-9-3-7-1-2-21-11(7)8(4-9)5-15-13(20)16-6-10(17)12(18)19/h3-4,10,17H,1-2,5-6H2,(H,18,19)(H2,15,16,20). The highest BCUT2D eigenvalue weighted by Crippen LogP contribution is 2.32. The second kappa shape index (κ2) is 6.77. The number of aliphatic hydroxyl groups is 1. The van der Waals surface area contributed by atoms with Gasteiger partial charge in [0.1, 0.15) is 5.75 Å². The molecule has 1 unspecified atom stereocenters. The second-order valence-electron chi connectivity index (χ2n) is 4.57. The molecule has 0 aliphatic carbocycles. The molecule has 0 radical (unpaired) electrons. The topological polar surface area (TPSA) is 108 Å². The molecule has 1 aromatic carbocycles. The van der Waals surface area contributed by atoms with Crippen molar-refractivity contribution in [2.45, 2.75) is 19.1 Å². The van der Waals surface area contributed by atoms with E-state index >= 15 is 0 Å². The molecule has 21 heavy (non-hydrogen) atoms. The zero-order chi connectivity index (χ0) is 15.4. The smallest absolute Gasteiger partial charge is 0.334 e. The molecule has 1 atom stereocenters. The Hall–Kier alpha value is -1.80. The van der Waals surface area contributed by atoms with Gasteiger partial charge in [0.15, 0.2) is 6.10 Å². The summed E-state index contributed by atoms with van der Waals surface area (Å²) in [5, 5.41) is 22.4. The minimum Gasteiger partial charge on any atom is -0.493 e. The Morgan fingerprint density at radius 2 is 2.14 bits per heavy atom. The van der Waals surface area contributed by atoms with Crippen molar-refractivity contribution < 1.29 is 24.5 Å². The van der Waals surface area contributed by atoms with Crippen LogP contribution in [0.5, 0.6) is 5.75 Å². The molecule has 1 heterocycles. The Kier molecular flexibility index (Phi) is 5.03. The van der Waals surface area contributed by atoms with Crippen molar-refractivity contribution in [2.24, 2.45) is 0 Å². The fourth-order valence-electron chi connectivity index (χ4n) is 1.99. The lowest BCUT2D eigenvalue weighted by Gasteiger charge is -2.12. The SMILES string of the molecule is O=C(NCc1cc(Br)cc2c1OCC2)NCC(O)C(=O)O. The minimum atomic E-state index is -1.62. The number of fused-ring (bicyclic) bond motifs is 1. The molecular formula is C13H15BrN2O5. The summed E-state index contributed by atoms with van der Waals surface area (Å²) in [6, 6.07) is 3.29. The average Bonchev–Trinajstić information content (AvgIpc) is 2.89. The number of halogens is 1. The third-order valence-corrected chi connectivity index (χ3v) is 3.46. The van der Waals surface area contributed by atoms with Crippen molar-refractivity contribution in [3.05, 3.63) is 27.7 Å². The van der Waals surface area contributed by atoms with Crippen LogP contribution >= 0.6 is 15.9 Å². The lowest BCUT2D eigenvalue weighted by molar-refractivity contribution is -0.146. The van der Waals surface area contributed by atoms with Crippen LogP contribution in [0.3, 0.4) is 0 Å². The van der Waals surface area contributed by atoms with Crippen LogP contribution in [-0.2, 0) is 17.8 Å². The van der Waals surface area contributed by atoms with E-state index in [1.165, 1.54) is 0 Å². The number of carbonyl (C=O) groups is 2. The number of urea groups is 1. The first-order valence-electron chi connectivity index (χ1n) is 6.34. The third kappa shape index (κ3) is 4.08. The van der Waals surface area contributed by atoms with Gasteiger partial charge in [0.05, 0.1) is 13.2 Å². The van der Waals surface area contributed by atoms with Gasteiger partial charge in [0.25, 0.3) is 0 Å². The molecule has 0 spiro atoms. The van der Waals surface area contributed by atoms with Crippen molar-refractivity contribution in [3.8, 4) is 5.75 Å². The van der Waals surface area contributed by atoms with E-state index in [1.807, 2.05) is 12.1 Å². The quantitative estimate of drug-likeness (QED) is 0.617. The third-order valence-electron chi connectivity index (χ3n) is 3.01. The fraction of sp³-hybridized carbons (Fsp3) is 0.385. The molecule has 0 fully saturated rings. The van der Waals surface area contributed by atoms with Gasteiger partial charge < -0.3 is 25.6 Å². The van der Waals surface area contributed by atoms with Gasteiger partial charge in [0.2, 0.25) is 0 Å². The van der Waals surface area contributed by atoms with Gasteiger partial charge in [-0.1, -0.05) is 15.9 Å². The van der Waals surface area contributed by atoms with E-state index in [0.29, 0.717) is 6.61 Å². The predicted molar refractivity (Wildman–Crippen MR) is 77.2 cm³/mol. The van der Waals surface area contributed by atoms with Crippen molar-refractivity contribution >= 4 is 27.9 Å². The maximum atomic E-state index is 11.5. The van der Waals surface area contributed by atoms with Crippen molar-refractivity contribution in [3.63, 3.8) is 0 Å². The lowest BCUT2D eigenvalue weighted by Crippen LogP contribution is -2.41. The monoisotopic (exact) mass is 358 g/mol. The van der Waals surface area contributed by atoms with Gasteiger partial charge in [-0.2, -0.15) is 0 Å². The summed E-state index contributed by atoms with van der Waals surface area (Å²) < 4.78 is 6.44. The van der Waals surface area contributed by atoms with Crippen LogP contribution in [-0.4, -0.2) is 41.5 Å². The molecule has 8 heteroatoms. The Bertz CT molecular complexity index is 564.